The summed E-state index contributed by atoms with van der Waals surface area (Å²) < 4.78 is 0. The molecule has 0 aliphatic heterocycles. The number of halogens is 1. The molecule has 0 spiro atoms. The average Bonchev–Trinajstić information content (AvgIpc) is 3.28. The fourth-order valence-electron chi connectivity index (χ4n) is 1.99. The maximum atomic E-state index is 5.92. The fourth-order valence-corrected chi connectivity index (χ4v) is 3.00. The fraction of sp³-hybridized carbons (Fsp3) is 0.333. The van der Waals surface area contributed by atoms with Gasteiger partial charge in [0.15, 0.2) is 0 Å². The van der Waals surface area contributed by atoms with Crippen LogP contribution in [0.1, 0.15) is 30.1 Å². The van der Waals surface area contributed by atoms with E-state index in [2.05, 4.69) is 17.2 Å². The molecule has 1 heterocycles. The number of nitrogens with one attached hydrogen (secondary N) is 1. The van der Waals surface area contributed by atoms with Crippen molar-refractivity contribution < 1.29 is 0 Å². The summed E-state index contributed by atoms with van der Waals surface area (Å²) in [5.41, 5.74) is 1.09. The first-order valence-corrected chi connectivity index (χ1v) is 7.86. The minimum atomic E-state index is 0.548. The third-order valence-electron chi connectivity index (χ3n) is 3.33. The Kier molecular flexibility index (Phi) is 3.85. The van der Waals surface area contributed by atoms with Crippen LogP contribution in [0.15, 0.2) is 34.2 Å². The van der Waals surface area contributed by atoms with Crippen LogP contribution in [0.3, 0.4) is 0 Å². The summed E-state index contributed by atoms with van der Waals surface area (Å²) in [5, 5.41) is 4.94. The monoisotopic (exact) mass is 305 g/mol. The van der Waals surface area contributed by atoms with Crippen molar-refractivity contribution in [3.05, 3.63) is 40.7 Å². The van der Waals surface area contributed by atoms with Gasteiger partial charge in [0.1, 0.15) is 16.7 Å². The Labute approximate surface area is 128 Å². The number of rotatable bonds is 4. The Morgan fingerprint density at radius 1 is 1.20 bits per heavy atom. The zero-order valence-corrected chi connectivity index (χ0v) is 13.1. The molecule has 20 heavy (non-hydrogen) atoms. The van der Waals surface area contributed by atoms with E-state index in [4.69, 9.17) is 16.6 Å². The molecule has 5 heteroatoms. The van der Waals surface area contributed by atoms with Gasteiger partial charge >= 0.3 is 0 Å². The first kappa shape index (κ1) is 13.7. The van der Waals surface area contributed by atoms with Gasteiger partial charge in [-0.3, -0.25) is 0 Å². The molecule has 0 bridgehead atoms. The normalized spacial score (nSPS) is 14.3. The Hall–Kier alpha value is -1.26. The van der Waals surface area contributed by atoms with E-state index in [-0.39, 0.29) is 0 Å². The van der Waals surface area contributed by atoms with Gasteiger partial charge < -0.3 is 5.32 Å². The van der Waals surface area contributed by atoms with Crippen molar-refractivity contribution in [2.75, 3.05) is 12.4 Å². The van der Waals surface area contributed by atoms with Crippen LogP contribution >= 0.6 is 23.4 Å². The lowest BCUT2D eigenvalue weighted by atomic mass is 10.3. The molecule has 1 saturated carbocycles. The third-order valence-corrected chi connectivity index (χ3v) is 4.68. The summed E-state index contributed by atoms with van der Waals surface area (Å²) in [6.07, 6.45) is 2.41. The SMILES string of the molecule is CNc1nc(C2CC2)nc(Sc2ccc(Cl)cc2)c1C. The van der Waals surface area contributed by atoms with Crippen molar-refractivity contribution in [3.8, 4) is 0 Å². The van der Waals surface area contributed by atoms with E-state index in [0.29, 0.717) is 5.92 Å². The molecule has 0 atom stereocenters. The van der Waals surface area contributed by atoms with E-state index in [1.54, 1.807) is 11.8 Å². The summed E-state index contributed by atoms with van der Waals surface area (Å²) in [4.78, 5) is 10.5. The minimum absolute atomic E-state index is 0.548. The van der Waals surface area contributed by atoms with E-state index in [9.17, 15) is 0 Å². The largest absolute Gasteiger partial charge is 0.373 e. The molecule has 1 aromatic heterocycles. The van der Waals surface area contributed by atoms with Crippen LogP contribution in [0.4, 0.5) is 5.82 Å². The molecule has 1 fully saturated rings. The molecule has 0 radical (unpaired) electrons. The van der Waals surface area contributed by atoms with Crippen molar-refractivity contribution in [1.29, 1.82) is 0 Å². The lowest BCUT2D eigenvalue weighted by molar-refractivity contribution is 0.865. The molecule has 1 aliphatic carbocycles. The minimum Gasteiger partial charge on any atom is -0.373 e. The average molecular weight is 306 g/mol. The number of hydrogen-bond acceptors (Lipinski definition) is 4. The second-order valence-electron chi connectivity index (χ2n) is 4.94. The Morgan fingerprint density at radius 2 is 1.90 bits per heavy atom. The highest BCUT2D eigenvalue weighted by Gasteiger charge is 2.28. The molecule has 104 valence electrons. The maximum Gasteiger partial charge on any atom is 0.135 e. The van der Waals surface area contributed by atoms with Gasteiger partial charge in [-0.1, -0.05) is 23.4 Å². The highest BCUT2D eigenvalue weighted by molar-refractivity contribution is 7.99. The standard InChI is InChI=1S/C15H16ClN3S/c1-9-13(17-2)18-14(10-3-4-10)19-15(9)20-12-7-5-11(16)6-8-12/h5-8,10H,3-4H2,1-2H3,(H,17,18,19). The van der Waals surface area contributed by atoms with Crippen molar-refractivity contribution in [2.24, 2.45) is 0 Å². The molecule has 3 rings (SSSR count). The van der Waals surface area contributed by atoms with Gasteiger partial charge in [-0.05, 0) is 44.0 Å². The molecule has 0 unspecified atom stereocenters. The lowest BCUT2D eigenvalue weighted by Gasteiger charge is -2.11. The van der Waals surface area contributed by atoms with Crippen LogP contribution < -0.4 is 5.32 Å². The lowest BCUT2D eigenvalue weighted by Crippen LogP contribution is -2.03. The van der Waals surface area contributed by atoms with Crippen LogP contribution in [0, 0.1) is 6.92 Å². The van der Waals surface area contributed by atoms with E-state index in [1.807, 2.05) is 31.3 Å². The smallest absolute Gasteiger partial charge is 0.135 e. The number of benzene rings is 1. The highest BCUT2D eigenvalue weighted by Crippen LogP contribution is 2.40. The second kappa shape index (κ2) is 5.62. The predicted molar refractivity (Wildman–Crippen MR) is 83.9 cm³/mol. The van der Waals surface area contributed by atoms with Gasteiger partial charge in [-0.2, -0.15) is 0 Å². The molecule has 2 aromatic rings. The van der Waals surface area contributed by atoms with Crippen molar-refractivity contribution in [3.63, 3.8) is 0 Å². The Morgan fingerprint density at radius 3 is 2.50 bits per heavy atom. The number of aromatic nitrogens is 2. The molecule has 0 saturated heterocycles. The zero-order chi connectivity index (χ0) is 14.1. The van der Waals surface area contributed by atoms with Crippen LogP contribution in [0.2, 0.25) is 5.02 Å². The Bertz CT molecular complexity index is 624. The predicted octanol–water partition coefficient (Wildman–Crippen LogP) is 4.51. The van der Waals surface area contributed by atoms with Crippen molar-refractivity contribution in [2.45, 2.75) is 35.6 Å². The summed E-state index contributed by atoms with van der Waals surface area (Å²) in [5.74, 6) is 2.45. The van der Waals surface area contributed by atoms with Gasteiger partial charge in [0.2, 0.25) is 0 Å². The summed E-state index contributed by atoms with van der Waals surface area (Å²) in [7, 11) is 1.91. The second-order valence-corrected chi connectivity index (χ2v) is 6.44. The molecule has 1 aromatic carbocycles. The van der Waals surface area contributed by atoms with Crippen LogP contribution in [0.5, 0.6) is 0 Å². The topological polar surface area (TPSA) is 37.8 Å². The first-order chi connectivity index (χ1) is 9.67. The van der Waals surface area contributed by atoms with Crippen LogP contribution in [-0.4, -0.2) is 17.0 Å². The quantitative estimate of drug-likeness (QED) is 0.843. The summed E-state index contributed by atoms with van der Waals surface area (Å²) in [6, 6.07) is 7.84. The zero-order valence-electron chi connectivity index (χ0n) is 11.5. The molecule has 1 aliphatic rings. The molecule has 0 amide bonds. The van der Waals surface area contributed by atoms with Crippen molar-refractivity contribution >= 4 is 29.2 Å². The maximum absolute atomic E-state index is 5.92. The Balaban J connectivity index is 1.94. The number of hydrogen-bond donors (Lipinski definition) is 1. The van der Waals surface area contributed by atoms with Crippen molar-refractivity contribution in [1.82, 2.24) is 9.97 Å². The number of anilines is 1. The number of nitrogens with zero attached hydrogens (tertiary/aromatic N) is 2. The first-order valence-electron chi connectivity index (χ1n) is 6.67. The molecule has 3 nitrogen and oxygen atoms in total. The van der Waals surface area contributed by atoms with E-state index < -0.39 is 0 Å². The highest BCUT2D eigenvalue weighted by atomic mass is 35.5. The van der Waals surface area contributed by atoms with Gasteiger partial charge in [-0.25, -0.2) is 9.97 Å². The van der Waals surface area contributed by atoms with Gasteiger partial charge in [0.25, 0.3) is 0 Å². The van der Waals surface area contributed by atoms with Crippen LogP contribution in [-0.2, 0) is 0 Å². The van der Waals surface area contributed by atoms with Gasteiger partial charge in [0.05, 0.1) is 0 Å². The van der Waals surface area contributed by atoms with Crippen LogP contribution in [0.25, 0.3) is 0 Å². The molecular weight excluding hydrogens is 290 g/mol. The van der Waals surface area contributed by atoms with Gasteiger partial charge in [-0.15, -0.1) is 0 Å². The molecule has 1 N–H and O–H groups in total. The summed E-state index contributed by atoms with van der Waals surface area (Å²) >= 11 is 7.59. The van der Waals surface area contributed by atoms with Gasteiger partial charge in [0, 0.05) is 28.4 Å². The van der Waals surface area contributed by atoms with E-state index in [0.717, 1.165) is 32.1 Å². The van der Waals surface area contributed by atoms with E-state index in [1.165, 1.54) is 12.8 Å². The van der Waals surface area contributed by atoms with E-state index >= 15 is 0 Å². The molecular formula is C15H16ClN3S. The summed E-state index contributed by atoms with van der Waals surface area (Å²) in [6.45, 7) is 2.06. The third kappa shape index (κ3) is 2.91.